The summed E-state index contributed by atoms with van der Waals surface area (Å²) >= 11 is 0. The summed E-state index contributed by atoms with van der Waals surface area (Å²) in [5.74, 6) is 1.25. The van der Waals surface area contributed by atoms with Crippen molar-refractivity contribution in [1.82, 2.24) is 15.5 Å². The van der Waals surface area contributed by atoms with Gasteiger partial charge in [0.1, 0.15) is 0 Å². The van der Waals surface area contributed by atoms with Crippen LogP contribution in [0.1, 0.15) is 64.4 Å². The number of hydrogen-bond acceptors (Lipinski definition) is 3. The Hall–Kier alpha value is -1.84. The predicted molar refractivity (Wildman–Crippen MR) is 140 cm³/mol. The van der Waals surface area contributed by atoms with E-state index in [0.717, 1.165) is 68.9 Å². The van der Waals surface area contributed by atoms with Gasteiger partial charge in [-0.05, 0) is 43.9 Å². The average molecular weight is 556 g/mol. The van der Waals surface area contributed by atoms with Crippen LogP contribution in [0.3, 0.4) is 0 Å². The molecule has 2 aliphatic rings. The summed E-state index contributed by atoms with van der Waals surface area (Å²) in [6.07, 6.45) is 7.02. The van der Waals surface area contributed by atoms with E-state index in [4.69, 9.17) is 4.99 Å². The molecule has 1 saturated carbocycles. The van der Waals surface area contributed by atoms with Crippen molar-refractivity contribution in [2.45, 2.75) is 71.4 Å². The van der Waals surface area contributed by atoms with Gasteiger partial charge in [0.25, 0.3) is 0 Å². The normalized spacial score (nSPS) is 19.2. The summed E-state index contributed by atoms with van der Waals surface area (Å²) < 4.78 is 0. The summed E-state index contributed by atoms with van der Waals surface area (Å²) in [6, 6.07) is 8.16. The molecule has 1 aromatic carbocycles. The van der Waals surface area contributed by atoms with Crippen molar-refractivity contribution in [3.8, 4) is 0 Å². The average Bonchev–Trinajstić information content (AvgIpc) is 3.26. The summed E-state index contributed by atoms with van der Waals surface area (Å²) in [7, 11) is 0. The van der Waals surface area contributed by atoms with Crippen LogP contribution in [0.15, 0.2) is 29.3 Å². The van der Waals surface area contributed by atoms with Gasteiger partial charge in [-0.3, -0.25) is 9.59 Å². The van der Waals surface area contributed by atoms with E-state index in [0.29, 0.717) is 13.0 Å². The number of carbonyl (C=O) groups excluding carboxylic acids is 2. The number of rotatable bonds is 7. The quantitative estimate of drug-likeness (QED) is 0.271. The van der Waals surface area contributed by atoms with Gasteiger partial charge in [0.05, 0.1) is 6.54 Å². The lowest BCUT2D eigenvalue weighted by atomic mass is 9.88. The number of carbonyl (C=O) groups is 2. The highest BCUT2D eigenvalue weighted by atomic mass is 127. The van der Waals surface area contributed by atoms with Gasteiger partial charge in [0.15, 0.2) is 5.96 Å². The summed E-state index contributed by atoms with van der Waals surface area (Å²) in [6.45, 7) is 6.76. The monoisotopic (exact) mass is 555 g/mol. The zero-order valence-corrected chi connectivity index (χ0v) is 21.7. The van der Waals surface area contributed by atoms with E-state index < -0.39 is 0 Å². The number of anilines is 1. The number of benzene rings is 1. The van der Waals surface area contributed by atoms with Crippen LogP contribution in [0, 0.1) is 5.92 Å². The number of hydrogen-bond donors (Lipinski definition) is 3. The Labute approximate surface area is 209 Å². The maximum absolute atomic E-state index is 12.5. The number of halogens is 1. The Morgan fingerprint density at radius 1 is 1.12 bits per heavy atom. The van der Waals surface area contributed by atoms with Gasteiger partial charge in [0.2, 0.25) is 11.8 Å². The van der Waals surface area contributed by atoms with Crippen molar-refractivity contribution in [1.29, 1.82) is 0 Å². The molecule has 1 aliphatic heterocycles. The molecule has 0 radical (unpaired) electrons. The molecule has 2 fully saturated rings. The molecule has 1 aromatic rings. The Morgan fingerprint density at radius 3 is 2.62 bits per heavy atom. The maximum Gasteiger partial charge on any atom is 0.227 e. The summed E-state index contributed by atoms with van der Waals surface area (Å²) in [4.78, 5) is 31.1. The fraction of sp³-hybridized carbons (Fsp3) is 0.625. The van der Waals surface area contributed by atoms with E-state index in [9.17, 15) is 9.59 Å². The van der Waals surface area contributed by atoms with Gasteiger partial charge >= 0.3 is 0 Å². The molecular weight excluding hydrogens is 517 g/mol. The Kier molecular flexibility index (Phi) is 11.3. The zero-order valence-electron chi connectivity index (χ0n) is 19.4. The Morgan fingerprint density at radius 2 is 1.91 bits per heavy atom. The van der Waals surface area contributed by atoms with Crippen LogP contribution in [-0.2, 0) is 16.1 Å². The molecule has 0 aromatic heterocycles. The van der Waals surface area contributed by atoms with Crippen molar-refractivity contribution in [3.63, 3.8) is 0 Å². The van der Waals surface area contributed by atoms with Crippen molar-refractivity contribution >= 4 is 47.4 Å². The van der Waals surface area contributed by atoms with E-state index in [1.807, 2.05) is 43.0 Å². The highest BCUT2D eigenvalue weighted by Crippen LogP contribution is 2.25. The van der Waals surface area contributed by atoms with E-state index >= 15 is 0 Å². The van der Waals surface area contributed by atoms with Crippen LogP contribution in [0.2, 0.25) is 0 Å². The number of guanidine groups is 1. The minimum absolute atomic E-state index is 0. The van der Waals surface area contributed by atoms with Crippen molar-refractivity contribution < 1.29 is 9.59 Å². The first-order valence-corrected chi connectivity index (χ1v) is 11.8. The van der Waals surface area contributed by atoms with E-state index in [2.05, 4.69) is 16.0 Å². The molecule has 3 N–H and O–H groups in total. The second kappa shape index (κ2) is 13.6. The molecule has 1 atom stereocenters. The number of aliphatic imine (C=N–C) groups is 1. The van der Waals surface area contributed by atoms with Crippen LogP contribution in [-0.4, -0.2) is 48.3 Å². The molecule has 178 valence electrons. The third-order valence-corrected chi connectivity index (χ3v) is 6.12. The van der Waals surface area contributed by atoms with Gasteiger partial charge in [-0.25, -0.2) is 4.99 Å². The molecule has 7 nitrogen and oxygen atoms in total. The molecule has 0 spiro atoms. The third-order valence-electron chi connectivity index (χ3n) is 6.12. The molecule has 32 heavy (non-hydrogen) atoms. The second-order valence-corrected chi connectivity index (χ2v) is 8.54. The Balaban J connectivity index is 0.00000363. The molecule has 1 saturated heterocycles. The van der Waals surface area contributed by atoms with E-state index in [1.54, 1.807) is 0 Å². The molecule has 8 heteroatoms. The number of likely N-dealkylation sites (tertiary alicyclic amines) is 1. The van der Waals surface area contributed by atoms with Crippen molar-refractivity contribution in [2.24, 2.45) is 10.9 Å². The van der Waals surface area contributed by atoms with Crippen molar-refractivity contribution in [3.05, 3.63) is 29.8 Å². The predicted octanol–water partition coefficient (Wildman–Crippen LogP) is 3.89. The van der Waals surface area contributed by atoms with Crippen LogP contribution < -0.4 is 16.0 Å². The molecule has 3 rings (SSSR count). The second-order valence-electron chi connectivity index (χ2n) is 8.54. The van der Waals surface area contributed by atoms with Crippen LogP contribution in [0.5, 0.6) is 0 Å². The maximum atomic E-state index is 12.5. The van der Waals surface area contributed by atoms with E-state index in [-0.39, 0.29) is 47.8 Å². The molecule has 1 unspecified atom stereocenters. The Bertz CT molecular complexity index is 779. The van der Waals surface area contributed by atoms with E-state index in [1.165, 1.54) is 6.42 Å². The van der Waals surface area contributed by atoms with Gasteiger partial charge < -0.3 is 20.9 Å². The minimum Gasteiger partial charge on any atom is -0.357 e. The van der Waals surface area contributed by atoms with Crippen LogP contribution in [0.25, 0.3) is 0 Å². The van der Waals surface area contributed by atoms with Gasteiger partial charge in [-0.15, -0.1) is 24.0 Å². The molecule has 2 amide bonds. The molecular formula is C24H38IN5O2. The SMILES string of the molecule is CCNC(=NCc1cccc(NC(=O)C2CCCCC2)c1)NC1CCN(C(=O)CC)C1.I. The van der Waals surface area contributed by atoms with Gasteiger partial charge in [-0.1, -0.05) is 38.3 Å². The number of amides is 2. The largest absolute Gasteiger partial charge is 0.357 e. The van der Waals surface area contributed by atoms with Crippen molar-refractivity contribution in [2.75, 3.05) is 25.0 Å². The lowest BCUT2D eigenvalue weighted by Crippen LogP contribution is -2.45. The highest BCUT2D eigenvalue weighted by Gasteiger charge is 2.25. The van der Waals surface area contributed by atoms with Gasteiger partial charge in [0, 0.05) is 43.7 Å². The summed E-state index contributed by atoms with van der Waals surface area (Å²) in [5, 5.41) is 9.84. The first-order chi connectivity index (χ1) is 15.1. The molecule has 1 heterocycles. The first-order valence-electron chi connectivity index (χ1n) is 11.8. The summed E-state index contributed by atoms with van der Waals surface area (Å²) in [5.41, 5.74) is 1.89. The lowest BCUT2D eigenvalue weighted by molar-refractivity contribution is -0.129. The van der Waals surface area contributed by atoms with Crippen LogP contribution >= 0.6 is 24.0 Å². The van der Waals surface area contributed by atoms with Gasteiger partial charge in [-0.2, -0.15) is 0 Å². The standard InChI is InChI=1S/C24H37N5O2.HI/c1-3-22(30)29-14-13-21(17-29)28-24(25-4-2)26-16-18-9-8-12-20(15-18)27-23(31)19-10-6-5-7-11-19;/h8-9,12,15,19,21H,3-7,10-11,13-14,16-17H2,1-2H3,(H,27,31)(H2,25,26,28);1H. The fourth-order valence-corrected chi connectivity index (χ4v) is 4.37. The number of nitrogens with one attached hydrogen (secondary N) is 3. The topological polar surface area (TPSA) is 85.8 Å². The highest BCUT2D eigenvalue weighted by molar-refractivity contribution is 14.0. The smallest absolute Gasteiger partial charge is 0.227 e. The minimum atomic E-state index is 0. The lowest BCUT2D eigenvalue weighted by Gasteiger charge is -2.21. The fourth-order valence-electron chi connectivity index (χ4n) is 4.37. The van der Waals surface area contributed by atoms with Crippen LogP contribution in [0.4, 0.5) is 5.69 Å². The zero-order chi connectivity index (χ0) is 22.1. The molecule has 1 aliphatic carbocycles. The molecule has 0 bridgehead atoms. The first kappa shape index (κ1) is 26.4. The number of nitrogens with zero attached hydrogens (tertiary/aromatic N) is 2. The third kappa shape index (κ3) is 7.94.